The maximum atomic E-state index is 12.6. The van der Waals surface area contributed by atoms with Gasteiger partial charge in [0.1, 0.15) is 17.2 Å². The van der Waals surface area contributed by atoms with Crippen LogP contribution in [0.2, 0.25) is 0 Å². The monoisotopic (exact) mass is 462 g/mol. The van der Waals surface area contributed by atoms with Gasteiger partial charge in [-0.15, -0.1) is 10.2 Å². The maximum absolute atomic E-state index is 12.6. The SMILES string of the molecule is CCCOc1ccc(OCC(=O)N2CCN(c3ccc(-c4ccc(OC)cc4)nn3)CC2)cc1. The largest absolute Gasteiger partial charge is 0.497 e. The van der Waals surface area contributed by atoms with E-state index in [0.29, 0.717) is 38.5 Å². The van der Waals surface area contributed by atoms with Crippen molar-refractivity contribution in [3.8, 4) is 28.5 Å². The molecular formula is C26H30N4O4. The van der Waals surface area contributed by atoms with Crippen molar-refractivity contribution in [2.24, 2.45) is 0 Å². The number of piperazine rings is 1. The summed E-state index contributed by atoms with van der Waals surface area (Å²) in [4.78, 5) is 16.6. The van der Waals surface area contributed by atoms with Crippen molar-refractivity contribution in [2.45, 2.75) is 13.3 Å². The third-order valence-electron chi connectivity index (χ3n) is 5.65. The topological polar surface area (TPSA) is 77.0 Å². The molecule has 1 aliphatic rings. The molecule has 4 rings (SSSR count). The molecule has 0 aliphatic carbocycles. The molecule has 0 spiro atoms. The Labute approximate surface area is 200 Å². The van der Waals surface area contributed by atoms with Crippen LogP contribution in [0.25, 0.3) is 11.3 Å². The first-order valence-electron chi connectivity index (χ1n) is 11.5. The van der Waals surface area contributed by atoms with Crippen molar-refractivity contribution in [2.75, 3.05) is 51.4 Å². The predicted octanol–water partition coefficient (Wildman–Crippen LogP) is 3.67. The molecule has 34 heavy (non-hydrogen) atoms. The molecular weight excluding hydrogens is 432 g/mol. The van der Waals surface area contributed by atoms with Gasteiger partial charge in [-0.05, 0) is 67.1 Å². The lowest BCUT2D eigenvalue weighted by Gasteiger charge is -2.35. The smallest absolute Gasteiger partial charge is 0.260 e. The van der Waals surface area contributed by atoms with E-state index in [2.05, 4.69) is 22.0 Å². The summed E-state index contributed by atoms with van der Waals surface area (Å²) in [6.07, 6.45) is 0.960. The minimum atomic E-state index is -0.0214. The normalized spacial score (nSPS) is 13.5. The fourth-order valence-corrected chi connectivity index (χ4v) is 3.68. The Kier molecular flexibility index (Phi) is 7.80. The minimum Gasteiger partial charge on any atom is -0.497 e. The van der Waals surface area contributed by atoms with Crippen LogP contribution in [-0.4, -0.2) is 67.5 Å². The first kappa shape index (κ1) is 23.4. The molecule has 1 aromatic heterocycles. The highest BCUT2D eigenvalue weighted by molar-refractivity contribution is 5.78. The molecule has 1 aliphatic heterocycles. The summed E-state index contributed by atoms with van der Waals surface area (Å²) < 4.78 is 16.4. The van der Waals surface area contributed by atoms with E-state index in [1.54, 1.807) is 7.11 Å². The van der Waals surface area contributed by atoms with Gasteiger partial charge < -0.3 is 24.0 Å². The molecule has 3 aromatic rings. The first-order valence-corrected chi connectivity index (χ1v) is 11.5. The molecule has 1 fully saturated rings. The van der Waals surface area contributed by atoms with Crippen molar-refractivity contribution in [1.82, 2.24) is 15.1 Å². The summed E-state index contributed by atoms with van der Waals surface area (Å²) in [5.41, 5.74) is 1.79. The summed E-state index contributed by atoms with van der Waals surface area (Å²) in [6.45, 7) is 5.41. The fraction of sp³-hybridized carbons (Fsp3) is 0.346. The molecule has 0 atom stereocenters. The molecule has 178 valence electrons. The van der Waals surface area contributed by atoms with E-state index in [-0.39, 0.29) is 12.5 Å². The van der Waals surface area contributed by atoms with Crippen LogP contribution in [0.15, 0.2) is 60.7 Å². The first-order chi connectivity index (χ1) is 16.7. The highest BCUT2D eigenvalue weighted by Crippen LogP contribution is 2.22. The second-order valence-electron chi connectivity index (χ2n) is 7.98. The van der Waals surface area contributed by atoms with Crippen LogP contribution < -0.4 is 19.1 Å². The number of hydrogen-bond donors (Lipinski definition) is 0. The fourth-order valence-electron chi connectivity index (χ4n) is 3.68. The van der Waals surface area contributed by atoms with Crippen molar-refractivity contribution in [3.63, 3.8) is 0 Å². The number of ether oxygens (including phenoxy) is 3. The van der Waals surface area contributed by atoms with Crippen molar-refractivity contribution in [1.29, 1.82) is 0 Å². The molecule has 8 nitrogen and oxygen atoms in total. The average Bonchev–Trinajstić information content (AvgIpc) is 2.91. The van der Waals surface area contributed by atoms with Crippen molar-refractivity contribution >= 4 is 11.7 Å². The van der Waals surface area contributed by atoms with Crippen LogP contribution in [0, 0.1) is 0 Å². The van der Waals surface area contributed by atoms with E-state index in [1.807, 2.05) is 65.6 Å². The van der Waals surface area contributed by atoms with Crippen LogP contribution in [0.1, 0.15) is 13.3 Å². The summed E-state index contributed by atoms with van der Waals surface area (Å²) in [5, 5.41) is 8.78. The third kappa shape index (κ3) is 5.95. The van der Waals surface area contributed by atoms with E-state index in [9.17, 15) is 4.79 Å². The zero-order chi connectivity index (χ0) is 23.8. The van der Waals surface area contributed by atoms with E-state index in [4.69, 9.17) is 14.2 Å². The summed E-state index contributed by atoms with van der Waals surface area (Å²) in [6, 6.07) is 19.0. The van der Waals surface area contributed by atoms with E-state index < -0.39 is 0 Å². The summed E-state index contributed by atoms with van der Waals surface area (Å²) >= 11 is 0. The van der Waals surface area contributed by atoms with Gasteiger partial charge in [0.15, 0.2) is 12.4 Å². The number of carbonyl (C=O) groups excluding carboxylic acids is 1. The van der Waals surface area contributed by atoms with Gasteiger partial charge in [-0.2, -0.15) is 0 Å². The molecule has 0 N–H and O–H groups in total. The quantitative estimate of drug-likeness (QED) is 0.480. The zero-order valence-electron chi connectivity index (χ0n) is 19.6. The third-order valence-corrected chi connectivity index (χ3v) is 5.65. The number of nitrogens with zero attached hydrogens (tertiary/aromatic N) is 4. The Balaban J connectivity index is 1.24. The number of rotatable bonds is 9. The lowest BCUT2D eigenvalue weighted by Crippen LogP contribution is -2.50. The van der Waals surface area contributed by atoms with Gasteiger partial charge in [-0.1, -0.05) is 6.92 Å². The number of methoxy groups -OCH3 is 1. The Morgan fingerprint density at radius 3 is 2.06 bits per heavy atom. The van der Waals surface area contributed by atoms with Gasteiger partial charge in [0.25, 0.3) is 5.91 Å². The highest BCUT2D eigenvalue weighted by Gasteiger charge is 2.22. The molecule has 0 radical (unpaired) electrons. The predicted molar refractivity (Wildman–Crippen MR) is 131 cm³/mol. The lowest BCUT2D eigenvalue weighted by molar-refractivity contribution is -0.133. The van der Waals surface area contributed by atoms with Crippen molar-refractivity contribution in [3.05, 3.63) is 60.7 Å². The summed E-state index contributed by atoms with van der Waals surface area (Å²) in [5.74, 6) is 3.05. The minimum absolute atomic E-state index is 0.0194. The molecule has 2 aromatic carbocycles. The van der Waals surface area contributed by atoms with Gasteiger partial charge in [-0.3, -0.25) is 4.79 Å². The Bertz CT molecular complexity index is 1050. The number of anilines is 1. The van der Waals surface area contributed by atoms with Gasteiger partial charge in [0.05, 0.1) is 19.4 Å². The van der Waals surface area contributed by atoms with Crippen LogP contribution in [0.4, 0.5) is 5.82 Å². The van der Waals surface area contributed by atoms with Crippen LogP contribution in [0.3, 0.4) is 0 Å². The van der Waals surface area contributed by atoms with Gasteiger partial charge in [0, 0.05) is 31.7 Å². The van der Waals surface area contributed by atoms with Crippen LogP contribution >= 0.6 is 0 Å². The van der Waals surface area contributed by atoms with Gasteiger partial charge in [-0.25, -0.2) is 0 Å². The van der Waals surface area contributed by atoms with E-state index >= 15 is 0 Å². The Hall–Kier alpha value is -3.81. The van der Waals surface area contributed by atoms with Crippen LogP contribution in [0.5, 0.6) is 17.2 Å². The summed E-state index contributed by atoms with van der Waals surface area (Å²) in [7, 11) is 1.65. The molecule has 1 saturated heterocycles. The van der Waals surface area contributed by atoms with Crippen LogP contribution in [-0.2, 0) is 4.79 Å². The second-order valence-corrected chi connectivity index (χ2v) is 7.98. The van der Waals surface area contributed by atoms with Gasteiger partial charge >= 0.3 is 0 Å². The maximum Gasteiger partial charge on any atom is 0.260 e. The molecule has 0 bridgehead atoms. The molecule has 0 saturated carbocycles. The highest BCUT2D eigenvalue weighted by atomic mass is 16.5. The number of amides is 1. The molecule has 2 heterocycles. The zero-order valence-corrected chi connectivity index (χ0v) is 19.6. The number of hydrogen-bond acceptors (Lipinski definition) is 7. The standard InChI is InChI=1S/C26H30N4O4/c1-3-18-33-22-8-10-23(11-9-22)34-19-26(31)30-16-14-29(15-17-30)25-13-12-24(27-28-25)20-4-6-21(32-2)7-5-20/h4-13H,3,14-19H2,1-2H3. The number of benzene rings is 2. The molecule has 0 unspecified atom stereocenters. The Morgan fingerprint density at radius 1 is 0.824 bits per heavy atom. The van der Waals surface area contributed by atoms with Gasteiger partial charge in [0.2, 0.25) is 0 Å². The number of carbonyl (C=O) groups is 1. The average molecular weight is 463 g/mol. The lowest BCUT2D eigenvalue weighted by atomic mass is 10.1. The molecule has 1 amide bonds. The second kappa shape index (κ2) is 11.4. The number of aromatic nitrogens is 2. The van der Waals surface area contributed by atoms with E-state index in [0.717, 1.165) is 35.0 Å². The van der Waals surface area contributed by atoms with E-state index in [1.165, 1.54) is 0 Å². The Morgan fingerprint density at radius 2 is 1.47 bits per heavy atom. The molecule has 8 heteroatoms. The van der Waals surface area contributed by atoms with Crippen molar-refractivity contribution < 1.29 is 19.0 Å².